The topological polar surface area (TPSA) is 214 Å². The third-order valence-electron chi connectivity index (χ3n) is 8.48. The summed E-state index contributed by atoms with van der Waals surface area (Å²) in [5, 5.41) is 42.3. The van der Waals surface area contributed by atoms with Crippen LogP contribution in [0.5, 0.6) is 0 Å². The summed E-state index contributed by atoms with van der Waals surface area (Å²) in [5.41, 5.74) is 0. The summed E-state index contributed by atoms with van der Waals surface area (Å²) in [4.78, 5) is 50.8. The van der Waals surface area contributed by atoms with Gasteiger partial charge >= 0.3 is 23.9 Å². The first kappa shape index (κ1) is 41.8. The van der Waals surface area contributed by atoms with Crippen molar-refractivity contribution in [3.8, 4) is 0 Å². The molecule has 0 aromatic carbocycles. The Morgan fingerprint density at radius 3 is 1.98 bits per heavy atom. The van der Waals surface area contributed by atoms with Crippen LogP contribution in [-0.2, 0) is 52.3 Å². The molecule has 0 aromatic rings. The van der Waals surface area contributed by atoms with E-state index in [9.17, 15) is 39.6 Å². The molecule has 48 heavy (non-hydrogen) atoms. The Balaban J connectivity index is 2.50. The van der Waals surface area contributed by atoms with E-state index in [0.29, 0.717) is 12.8 Å². The summed E-state index contributed by atoms with van der Waals surface area (Å²) < 4.78 is 40.1. The second-order valence-corrected chi connectivity index (χ2v) is 12.8. The minimum Gasteiger partial charge on any atom is -0.460 e. The number of rotatable bonds is 20. The zero-order valence-corrected chi connectivity index (χ0v) is 29.0. The van der Waals surface area contributed by atoms with Gasteiger partial charge in [0.2, 0.25) is 12.1 Å². The van der Waals surface area contributed by atoms with Crippen molar-refractivity contribution < 1.29 is 72.8 Å². The van der Waals surface area contributed by atoms with E-state index in [-0.39, 0.29) is 6.42 Å². The molecule has 10 atom stereocenters. The van der Waals surface area contributed by atoms with Gasteiger partial charge in [0.05, 0.1) is 25.0 Å². The fraction of sp³-hybridized carbons (Fsp3) is 0.879. The molecule has 2 aliphatic rings. The first-order chi connectivity index (χ1) is 22.7. The summed E-state index contributed by atoms with van der Waals surface area (Å²) in [6.07, 6.45) is -6.07. The summed E-state index contributed by atoms with van der Waals surface area (Å²) in [5.74, 6) is -6.68. The van der Waals surface area contributed by atoms with Gasteiger partial charge in [-0.3, -0.25) is 19.2 Å². The van der Waals surface area contributed by atoms with Gasteiger partial charge in [-0.2, -0.15) is 0 Å². The molecule has 15 heteroatoms. The average Bonchev–Trinajstić information content (AvgIpc) is 3.31. The van der Waals surface area contributed by atoms with Crippen LogP contribution in [0.25, 0.3) is 0 Å². The Morgan fingerprint density at radius 1 is 0.792 bits per heavy atom. The first-order valence-corrected chi connectivity index (χ1v) is 17.1. The molecule has 10 unspecified atom stereocenters. The summed E-state index contributed by atoms with van der Waals surface area (Å²) in [7, 11) is 0. The Hall–Kier alpha value is -2.40. The lowest BCUT2D eigenvalue weighted by Crippen LogP contribution is -2.65. The van der Waals surface area contributed by atoms with Crippen molar-refractivity contribution in [3.05, 3.63) is 0 Å². The summed E-state index contributed by atoms with van der Waals surface area (Å²) in [6.45, 7) is 7.31. The van der Waals surface area contributed by atoms with Crippen molar-refractivity contribution in [3.63, 3.8) is 0 Å². The highest BCUT2D eigenvalue weighted by Crippen LogP contribution is 2.40. The van der Waals surface area contributed by atoms with Gasteiger partial charge in [-0.15, -0.1) is 0 Å². The Morgan fingerprint density at radius 2 is 1.42 bits per heavy atom. The Kier molecular flexibility index (Phi) is 17.7. The fourth-order valence-electron chi connectivity index (χ4n) is 5.31. The lowest BCUT2D eigenvalue weighted by atomic mass is 9.97. The van der Waals surface area contributed by atoms with Crippen LogP contribution < -0.4 is 0 Å². The number of unbranched alkanes of at least 4 members (excludes halogenated alkanes) is 6. The molecule has 0 radical (unpaired) electrons. The predicted molar refractivity (Wildman–Crippen MR) is 167 cm³/mol. The van der Waals surface area contributed by atoms with E-state index in [1.807, 2.05) is 0 Å². The molecule has 0 amide bonds. The molecule has 15 nitrogen and oxygen atoms in total. The van der Waals surface area contributed by atoms with E-state index in [0.717, 1.165) is 45.4 Å². The number of aliphatic hydroxyl groups excluding tert-OH is 4. The molecule has 2 fully saturated rings. The van der Waals surface area contributed by atoms with Crippen LogP contribution in [0.2, 0.25) is 0 Å². The SMILES string of the molecule is CCCCCCCCCC(=O)OC1C(OC2(COC(C)=O)OC(CO)C(O)C2OC(=O)C(C)CC)OC(CO)C(O)C1OC(=O)C(C)C. The molecule has 0 aliphatic carbocycles. The molecule has 4 N–H and O–H groups in total. The molecule has 278 valence electrons. The number of ether oxygens (including phenoxy) is 7. The van der Waals surface area contributed by atoms with E-state index in [1.165, 1.54) is 0 Å². The second-order valence-electron chi connectivity index (χ2n) is 12.8. The monoisotopic (exact) mass is 692 g/mol. The van der Waals surface area contributed by atoms with Gasteiger partial charge in [0.25, 0.3) is 0 Å². The van der Waals surface area contributed by atoms with Crippen molar-refractivity contribution in [2.24, 2.45) is 11.8 Å². The zero-order chi connectivity index (χ0) is 36.0. The molecule has 0 bridgehead atoms. The van der Waals surface area contributed by atoms with Crippen LogP contribution in [0.1, 0.15) is 99.3 Å². The van der Waals surface area contributed by atoms with Gasteiger partial charge in [0.1, 0.15) is 31.0 Å². The minimum absolute atomic E-state index is 0.0170. The number of aliphatic hydroxyl groups is 4. The van der Waals surface area contributed by atoms with Crippen molar-refractivity contribution in [2.45, 2.75) is 154 Å². The van der Waals surface area contributed by atoms with Crippen LogP contribution in [0.3, 0.4) is 0 Å². The second kappa shape index (κ2) is 20.3. The van der Waals surface area contributed by atoms with Gasteiger partial charge in [0.15, 0.2) is 18.3 Å². The molecule has 0 spiro atoms. The predicted octanol–water partition coefficient (Wildman–Crippen LogP) is 1.67. The molecular weight excluding hydrogens is 636 g/mol. The highest BCUT2D eigenvalue weighted by atomic mass is 16.8. The number of esters is 4. The standard InChI is InChI=1S/C33H56O15/c1-7-9-10-11-12-13-14-15-24(37)44-28-27(45-30(40)19(3)4)25(38)22(16-34)43-32(28)48-33(18-42-21(6)36)29(26(39)23(17-35)47-33)46-31(41)20(5)8-2/h19-20,22-23,25-29,32,34-35,38-39H,7-18H2,1-6H3. The maximum absolute atomic E-state index is 13.2. The first-order valence-electron chi connectivity index (χ1n) is 17.1. The van der Waals surface area contributed by atoms with Gasteiger partial charge < -0.3 is 53.6 Å². The van der Waals surface area contributed by atoms with E-state index >= 15 is 0 Å². The third kappa shape index (κ3) is 11.6. The Labute approximate surface area is 282 Å². The number of carbonyl (C=O) groups is 4. The normalized spacial score (nSPS) is 30.9. The number of carbonyl (C=O) groups excluding carboxylic acids is 4. The Bertz CT molecular complexity index is 1020. The van der Waals surface area contributed by atoms with Crippen molar-refractivity contribution >= 4 is 23.9 Å². The maximum atomic E-state index is 13.2. The number of hydrogen-bond donors (Lipinski definition) is 4. The largest absolute Gasteiger partial charge is 0.460 e. The highest BCUT2D eigenvalue weighted by Gasteiger charge is 2.63. The molecule has 2 aliphatic heterocycles. The molecule has 0 saturated carbocycles. The van der Waals surface area contributed by atoms with Gasteiger partial charge in [0, 0.05) is 13.3 Å². The van der Waals surface area contributed by atoms with Crippen LogP contribution in [0.15, 0.2) is 0 Å². The minimum atomic E-state index is -2.36. The summed E-state index contributed by atoms with van der Waals surface area (Å²) in [6, 6.07) is 0. The molecule has 2 heterocycles. The molecule has 0 aromatic heterocycles. The third-order valence-corrected chi connectivity index (χ3v) is 8.48. The molecule has 2 rings (SSSR count). The van der Waals surface area contributed by atoms with Crippen molar-refractivity contribution in [2.75, 3.05) is 19.8 Å². The molecule has 2 saturated heterocycles. The van der Waals surface area contributed by atoms with E-state index in [1.54, 1.807) is 27.7 Å². The van der Waals surface area contributed by atoms with Crippen LogP contribution in [0.4, 0.5) is 0 Å². The van der Waals surface area contributed by atoms with Crippen LogP contribution in [0, 0.1) is 11.8 Å². The van der Waals surface area contributed by atoms with Crippen molar-refractivity contribution in [1.29, 1.82) is 0 Å². The lowest BCUT2D eigenvalue weighted by molar-refractivity contribution is -0.384. The van der Waals surface area contributed by atoms with Crippen LogP contribution in [-0.4, -0.2) is 119 Å². The van der Waals surface area contributed by atoms with Gasteiger partial charge in [-0.1, -0.05) is 73.1 Å². The van der Waals surface area contributed by atoms with E-state index < -0.39 is 110 Å². The van der Waals surface area contributed by atoms with Crippen LogP contribution >= 0.6 is 0 Å². The summed E-state index contributed by atoms with van der Waals surface area (Å²) >= 11 is 0. The highest BCUT2D eigenvalue weighted by molar-refractivity contribution is 5.73. The maximum Gasteiger partial charge on any atom is 0.309 e. The van der Waals surface area contributed by atoms with Gasteiger partial charge in [-0.05, 0) is 12.8 Å². The van der Waals surface area contributed by atoms with E-state index in [4.69, 9.17) is 33.2 Å². The zero-order valence-electron chi connectivity index (χ0n) is 29.0. The quantitative estimate of drug-likeness (QED) is 0.0811. The fourth-order valence-corrected chi connectivity index (χ4v) is 5.31. The van der Waals surface area contributed by atoms with Crippen molar-refractivity contribution in [1.82, 2.24) is 0 Å². The smallest absolute Gasteiger partial charge is 0.309 e. The van der Waals surface area contributed by atoms with E-state index in [2.05, 4.69) is 6.92 Å². The lowest BCUT2D eigenvalue weighted by Gasteiger charge is -2.46. The average molecular weight is 693 g/mol. The van der Waals surface area contributed by atoms with Gasteiger partial charge in [-0.25, -0.2) is 0 Å². The molecular formula is C33H56O15. The number of hydrogen-bond acceptors (Lipinski definition) is 15.